The number of hydrogen-bond acceptors (Lipinski definition) is 4. The number of nitro benzene ring substituents is 1. The van der Waals surface area contributed by atoms with Crippen LogP contribution in [0.25, 0.3) is 0 Å². The molecule has 5 nitrogen and oxygen atoms in total. The van der Waals surface area contributed by atoms with Crippen LogP contribution in [-0.2, 0) is 0 Å². The zero-order valence-electron chi connectivity index (χ0n) is 10.7. The molecule has 0 saturated carbocycles. The van der Waals surface area contributed by atoms with Gasteiger partial charge in [0.2, 0.25) is 5.75 Å². The van der Waals surface area contributed by atoms with E-state index in [0.29, 0.717) is 10.8 Å². The lowest BCUT2D eigenvalue weighted by atomic mass is 10.1. The van der Waals surface area contributed by atoms with E-state index in [1.54, 1.807) is 12.1 Å². The lowest BCUT2D eigenvalue weighted by Gasteiger charge is -2.13. The largest absolute Gasteiger partial charge is 0.450 e. The third-order valence-electron chi connectivity index (χ3n) is 2.75. The van der Waals surface area contributed by atoms with Crippen molar-refractivity contribution in [3.05, 3.63) is 63.2 Å². The van der Waals surface area contributed by atoms with Gasteiger partial charge in [-0.2, -0.15) is 0 Å². The molecule has 0 bridgehead atoms. The fourth-order valence-electron chi connectivity index (χ4n) is 1.79. The molecule has 0 radical (unpaired) electrons. The van der Waals surface area contributed by atoms with Gasteiger partial charge in [0, 0.05) is 28.8 Å². The Morgan fingerprint density at radius 1 is 1.25 bits per heavy atom. The van der Waals surface area contributed by atoms with Crippen LogP contribution in [0.2, 0.25) is 5.02 Å². The van der Waals surface area contributed by atoms with Gasteiger partial charge in [-0.25, -0.2) is 0 Å². The van der Waals surface area contributed by atoms with E-state index in [-0.39, 0.29) is 17.5 Å². The molecule has 0 aliphatic carbocycles. The van der Waals surface area contributed by atoms with Crippen LogP contribution in [-0.4, -0.2) is 4.92 Å². The van der Waals surface area contributed by atoms with Crippen LogP contribution in [0, 0.1) is 10.1 Å². The van der Waals surface area contributed by atoms with Gasteiger partial charge in [-0.3, -0.25) is 10.1 Å². The van der Waals surface area contributed by atoms with E-state index < -0.39 is 4.92 Å². The summed E-state index contributed by atoms with van der Waals surface area (Å²) in [4.78, 5) is 10.5. The van der Waals surface area contributed by atoms with Gasteiger partial charge in [0.05, 0.1) is 4.92 Å². The van der Waals surface area contributed by atoms with Crippen molar-refractivity contribution >= 4 is 17.3 Å². The Hall–Kier alpha value is -2.11. The van der Waals surface area contributed by atoms with E-state index in [4.69, 9.17) is 22.1 Å². The molecule has 0 spiro atoms. The molecule has 0 fully saturated rings. The second kappa shape index (κ2) is 5.90. The first kappa shape index (κ1) is 14.3. The zero-order valence-corrected chi connectivity index (χ0v) is 11.5. The minimum Gasteiger partial charge on any atom is -0.450 e. The summed E-state index contributed by atoms with van der Waals surface area (Å²) in [6.07, 6.45) is 0. The Bertz CT molecular complexity index is 644. The number of nitrogens with zero attached hydrogens (tertiary/aromatic N) is 1. The molecule has 6 heteroatoms. The average Bonchev–Trinajstić information content (AvgIpc) is 2.38. The van der Waals surface area contributed by atoms with Crippen molar-refractivity contribution in [1.82, 2.24) is 0 Å². The Labute approximate surface area is 121 Å². The SMILES string of the molecule is CC(N)c1ccccc1Oc1cc(Cl)ccc1[N+](=O)[O-]. The summed E-state index contributed by atoms with van der Waals surface area (Å²) in [5.74, 6) is 0.573. The number of hydrogen-bond donors (Lipinski definition) is 1. The first-order valence-corrected chi connectivity index (χ1v) is 6.33. The second-order valence-electron chi connectivity index (χ2n) is 4.30. The number of benzene rings is 2. The summed E-state index contributed by atoms with van der Waals surface area (Å²) < 4.78 is 5.64. The highest BCUT2D eigenvalue weighted by atomic mass is 35.5. The summed E-state index contributed by atoms with van der Waals surface area (Å²) in [6.45, 7) is 1.81. The zero-order chi connectivity index (χ0) is 14.7. The molecule has 1 unspecified atom stereocenters. The lowest BCUT2D eigenvalue weighted by molar-refractivity contribution is -0.385. The van der Waals surface area contributed by atoms with Crippen LogP contribution in [0.1, 0.15) is 18.5 Å². The first-order chi connectivity index (χ1) is 9.49. The standard InChI is InChI=1S/C14H13ClN2O3/c1-9(16)11-4-2-3-5-13(11)20-14-8-10(15)6-7-12(14)17(18)19/h2-9H,16H2,1H3. The highest BCUT2D eigenvalue weighted by molar-refractivity contribution is 6.30. The predicted molar refractivity (Wildman–Crippen MR) is 77.2 cm³/mol. The van der Waals surface area contributed by atoms with E-state index in [1.807, 2.05) is 19.1 Å². The molecule has 2 rings (SSSR count). The quantitative estimate of drug-likeness (QED) is 0.681. The fourth-order valence-corrected chi connectivity index (χ4v) is 1.95. The fraction of sp³-hybridized carbons (Fsp3) is 0.143. The number of nitro groups is 1. The smallest absolute Gasteiger partial charge is 0.311 e. The van der Waals surface area contributed by atoms with Gasteiger partial charge in [-0.05, 0) is 19.1 Å². The first-order valence-electron chi connectivity index (χ1n) is 5.95. The van der Waals surface area contributed by atoms with Crippen molar-refractivity contribution in [2.75, 3.05) is 0 Å². The van der Waals surface area contributed by atoms with Gasteiger partial charge in [-0.1, -0.05) is 29.8 Å². The maximum Gasteiger partial charge on any atom is 0.311 e. The van der Waals surface area contributed by atoms with Gasteiger partial charge in [0.15, 0.2) is 0 Å². The van der Waals surface area contributed by atoms with Crippen LogP contribution in [0.4, 0.5) is 5.69 Å². The Balaban J connectivity index is 2.45. The average molecular weight is 293 g/mol. The van der Waals surface area contributed by atoms with Crippen LogP contribution in [0.15, 0.2) is 42.5 Å². The van der Waals surface area contributed by atoms with E-state index in [0.717, 1.165) is 5.56 Å². The van der Waals surface area contributed by atoms with E-state index in [2.05, 4.69) is 0 Å². The molecule has 0 heterocycles. The van der Waals surface area contributed by atoms with Crippen LogP contribution >= 0.6 is 11.6 Å². The third kappa shape index (κ3) is 3.07. The maximum absolute atomic E-state index is 11.0. The summed E-state index contributed by atoms with van der Waals surface area (Å²) in [7, 11) is 0. The van der Waals surface area contributed by atoms with Crippen molar-refractivity contribution < 1.29 is 9.66 Å². The van der Waals surface area contributed by atoms with Gasteiger partial charge in [0.1, 0.15) is 5.75 Å². The summed E-state index contributed by atoms with van der Waals surface area (Å²) in [6, 6.07) is 11.1. The van der Waals surface area contributed by atoms with Crippen LogP contribution in [0.3, 0.4) is 0 Å². The van der Waals surface area contributed by atoms with E-state index in [9.17, 15) is 10.1 Å². The van der Waals surface area contributed by atoms with Crippen molar-refractivity contribution in [3.63, 3.8) is 0 Å². The number of halogens is 1. The Morgan fingerprint density at radius 2 is 1.95 bits per heavy atom. The molecule has 2 N–H and O–H groups in total. The van der Waals surface area contributed by atoms with Gasteiger partial charge in [-0.15, -0.1) is 0 Å². The van der Waals surface area contributed by atoms with Crippen molar-refractivity contribution in [2.45, 2.75) is 13.0 Å². The normalized spacial score (nSPS) is 11.9. The monoisotopic (exact) mass is 292 g/mol. The van der Waals surface area contributed by atoms with E-state index in [1.165, 1.54) is 18.2 Å². The molecule has 2 aromatic carbocycles. The number of rotatable bonds is 4. The molecule has 0 aliphatic rings. The Kier molecular flexibility index (Phi) is 4.22. The molecule has 1 atom stereocenters. The van der Waals surface area contributed by atoms with Crippen molar-refractivity contribution in [1.29, 1.82) is 0 Å². The minimum atomic E-state index is -0.514. The number of ether oxygens (including phenoxy) is 1. The predicted octanol–water partition coefficient (Wildman–Crippen LogP) is 4.06. The van der Waals surface area contributed by atoms with Gasteiger partial charge < -0.3 is 10.5 Å². The van der Waals surface area contributed by atoms with Gasteiger partial charge >= 0.3 is 5.69 Å². The molecule has 20 heavy (non-hydrogen) atoms. The third-order valence-corrected chi connectivity index (χ3v) is 2.98. The number of para-hydroxylation sites is 1. The van der Waals surface area contributed by atoms with Crippen LogP contribution in [0.5, 0.6) is 11.5 Å². The molecule has 0 amide bonds. The van der Waals surface area contributed by atoms with Crippen LogP contribution < -0.4 is 10.5 Å². The Morgan fingerprint density at radius 3 is 2.60 bits per heavy atom. The summed E-state index contributed by atoms with van der Waals surface area (Å²) in [5.41, 5.74) is 6.48. The van der Waals surface area contributed by atoms with Gasteiger partial charge in [0.25, 0.3) is 0 Å². The molecule has 0 aromatic heterocycles. The lowest BCUT2D eigenvalue weighted by Crippen LogP contribution is -2.06. The molecular weight excluding hydrogens is 280 g/mol. The minimum absolute atomic E-state index is 0.0931. The highest BCUT2D eigenvalue weighted by Gasteiger charge is 2.18. The molecule has 0 aliphatic heterocycles. The summed E-state index contributed by atoms with van der Waals surface area (Å²) >= 11 is 5.86. The number of nitrogens with two attached hydrogens (primary N) is 1. The topological polar surface area (TPSA) is 78.4 Å². The van der Waals surface area contributed by atoms with Crippen molar-refractivity contribution in [2.24, 2.45) is 5.73 Å². The summed E-state index contributed by atoms with van der Waals surface area (Å²) in [5, 5.41) is 11.4. The maximum atomic E-state index is 11.0. The molecule has 0 saturated heterocycles. The highest BCUT2D eigenvalue weighted by Crippen LogP contribution is 2.36. The molecular formula is C14H13ClN2O3. The second-order valence-corrected chi connectivity index (χ2v) is 4.73. The molecule has 104 valence electrons. The van der Waals surface area contributed by atoms with Crippen molar-refractivity contribution in [3.8, 4) is 11.5 Å². The molecule has 2 aromatic rings. The van der Waals surface area contributed by atoms with E-state index >= 15 is 0 Å².